The molecule has 134 valence electrons. The van der Waals surface area contributed by atoms with E-state index in [4.69, 9.17) is 11.6 Å². The molecule has 1 amide bonds. The van der Waals surface area contributed by atoms with Crippen molar-refractivity contribution in [3.63, 3.8) is 0 Å². The Morgan fingerprint density at radius 2 is 2.04 bits per heavy atom. The highest BCUT2D eigenvalue weighted by Gasteiger charge is 2.13. The molecule has 0 aliphatic rings. The molecule has 0 aliphatic carbocycles. The van der Waals surface area contributed by atoms with Crippen molar-refractivity contribution in [3.05, 3.63) is 67.5 Å². The van der Waals surface area contributed by atoms with Gasteiger partial charge in [0.1, 0.15) is 5.82 Å². The monoisotopic (exact) mass is 390 g/mol. The average Bonchev–Trinajstić information content (AvgIpc) is 3.18. The second-order valence-electron chi connectivity index (χ2n) is 5.61. The highest BCUT2D eigenvalue weighted by molar-refractivity contribution is 7.16. The van der Waals surface area contributed by atoms with Crippen LogP contribution in [0.3, 0.4) is 0 Å². The Kier molecular flexibility index (Phi) is 5.34. The summed E-state index contributed by atoms with van der Waals surface area (Å²) in [5.74, 6) is 0.378. The van der Waals surface area contributed by atoms with Crippen LogP contribution in [-0.4, -0.2) is 20.6 Å². The lowest BCUT2D eigenvalue weighted by molar-refractivity contribution is -0.384. The molecule has 0 radical (unpaired) electrons. The van der Waals surface area contributed by atoms with Crippen LogP contribution in [0.4, 0.5) is 11.5 Å². The van der Waals surface area contributed by atoms with E-state index in [1.165, 1.54) is 23.5 Å². The van der Waals surface area contributed by atoms with Crippen LogP contribution in [-0.2, 0) is 11.2 Å². The van der Waals surface area contributed by atoms with Crippen LogP contribution in [0.25, 0.3) is 5.69 Å². The first-order valence-corrected chi connectivity index (χ1v) is 8.97. The second kappa shape index (κ2) is 7.67. The van der Waals surface area contributed by atoms with Crippen LogP contribution < -0.4 is 5.32 Å². The van der Waals surface area contributed by atoms with E-state index >= 15 is 0 Å². The van der Waals surface area contributed by atoms with Gasteiger partial charge in [0.25, 0.3) is 5.69 Å². The van der Waals surface area contributed by atoms with Crippen molar-refractivity contribution in [2.75, 3.05) is 5.32 Å². The van der Waals surface area contributed by atoms with E-state index in [0.29, 0.717) is 28.7 Å². The van der Waals surface area contributed by atoms with Gasteiger partial charge in [-0.3, -0.25) is 14.9 Å². The van der Waals surface area contributed by atoms with Crippen LogP contribution in [0.1, 0.15) is 17.0 Å². The van der Waals surface area contributed by atoms with Crippen LogP contribution in [0, 0.1) is 17.0 Å². The van der Waals surface area contributed by atoms with Gasteiger partial charge in [-0.1, -0.05) is 11.6 Å². The SMILES string of the molecule is Cc1cc(NC(=O)CCc2ccc(Cl)s2)n(-c2ccc([N+](=O)[O-])cc2)n1. The molecule has 0 unspecified atom stereocenters. The Bertz CT molecular complexity index is 949. The number of carbonyl (C=O) groups excluding carboxylic acids is 1. The first-order valence-electron chi connectivity index (χ1n) is 7.78. The predicted molar refractivity (Wildman–Crippen MR) is 101 cm³/mol. The first-order chi connectivity index (χ1) is 12.4. The van der Waals surface area contributed by atoms with Gasteiger partial charge in [-0.05, 0) is 37.6 Å². The molecule has 7 nitrogen and oxygen atoms in total. The fourth-order valence-corrected chi connectivity index (χ4v) is 3.52. The Labute approximate surface area is 158 Å². The van der Waals surface area contributed by atoms with Gasteiger partial charge in [-0.2, -0.15) is 5.10 Å². The summed E-state index contributed by atoms with van der Waals surface area (Å²) in [7, 11) is 0. The fourth-order valence-electron chi connectivity index (χ4n) is 2.43. The minimum Gasteiger partial charge on any atom is -0.311 e. The molecule has 0 aliphatic heterocycles. The van der Waals surface area contributed by atoms with Gasteiger partial charge in [-0.15, -0.1) is 11.3 Å². The number of nitrogens with zero attached hydrogens (tertiary/aromatic N) is 3. The number of aryl methyl sites for hydroxylation is 2. The quantitative estimate of drug-likeness (QED) is 0.499. The first kappa shape index (κ1) is 18.1. The molecule has 2 aromatic heterocycles. The molecule has 0 bridgehead atoms. The average molecular weight is 391 g/mol. The van der Waals surface area contributed by atoms with Gasteiger partial charge in [0, 0.05) is 29.5 Å². The van der Waals surface area contributed by atoms with Gasteiger partial charge < -0.3 is 5.32 Å². The van der Waals surface area contributed by atoms with Crippen molar-refractivity contribution in [1.29, 1.82) is 0 Å². The van der Waals surface area contributed by atoms with Gasteiger partial charge in [0.2, 0.25) is 5.91 Å². The number of non-ortho nitro benzene ring substituents is 1. The molecule has 1 N–H and O–H groups in total. The zero-order valence-electron chi connectivity index (χ0n) is 13.8. The third kappa shape index (κ3) is 4.27. The van der Waals surface area contributed by atoms with Crippen LogP contribution in [0.5, 0.6) is 0 Å². The smallest absolute Gasteiger partial charge is 0.269 e. The van der Waals surface area contributed by atoms with Gasteiger partial charge >= 0.3 is 0 Å². The maximum absolute atomic E-state index is 12.3. The number of carbonyl (C=O) groups is 1. The summed E-state index contributed by atoms with van der Waals surface area (Å²) in [6.45, 7) is 1.81. The molecule has 1 aromatic carbocycles. The largest absolute Gasteiger partial charge is 0.311 e. The van der Waals surface area contributed by atoms with E-state index < -0.39 is 4.92 Å². The van der Waals surface area contributed by atoms with E-state index in [2.05, 4.69) is 10.4 Å². The third-order valence-electron chi connectivity index (χ3n) is 3.63. The molecule has 0 fully saturated rings. The molecule has 2 heterocycles. The Hall–Kier alpha value is -2.71. The van der Waals surface area contributed by atoms with Crippen molar-refractivity contribution in [2.24, 2.45) is 0 Å². The lowest BCUT2D eigenvalue weighted by atomic mass is 10.2. The Morgan fingerprint density at radius 1 is 1.31 bits per heavy atom. The second-order valence-corrected chi connectivity index (χ2v) is 7.41. The number of anilines is 1. The number of nitro groups is 1. The van der Waals surface area contributed by atoms with E-state index in [0.717, 1.165) is 10.6 Å². The van der Waals surface area contributed by atoms with Gasteiger partial charge in [0.15, 0.2) is 0 Å². The topological polar surface area (TPSA) is 90.1 Å². The number of hydrogen-bond donors (Lipinski definition) is 1. The number of halogens is 1. The molecule has 0 saturated carbocycles. The molecule has 9 heteroatoms. The number of hydrogen-bond acceptors (Lipinski definition) is 5. The lowest BCUT2D eigenvalue weighted by Gasteiger charge is -2.08. The highest BCUT2D eigenvalue weighted by Crippen LogP contribution is 2.23. The number of aromatic nitrogens is 2. The number of nitro benzene ring substituents is 1. The molecule has 26 heavy (non-hydrogen) atoms. The summed E-state index contributed by atoms with van der Waals surface area (Å²) < 4.78 is 2.26. The molecule has 0 spiro atoms. The summed E-state index contributed by atoms with van der Waals surface area (Å²) in [5.41, 5.74) is 1.35. The molecular weight excluding hydrogens is 376 g/mol. The normalized spacial score (nSPS) is 10.7. The van der Waals surface area contributed by atoms with Crippen molar-refractivity contribution in [2.45, 2.75) is 19.8 Å². The number of amides is 1. The molecule has 3 aromatic rings. The summed E-state index contributed by atoms with van der Waals surface area (Å²) in [5, 5.41) is 18.0. The van der Waals surface area contributed by atoms with E-state index in [9.17, 15) is 14.9 Å². The molecule has 3 rings (SSSR count). The fraction of sp³-hybridized carbons (Fsp3) is 0.176. The van der Waals surface area contributed by atoms with Crippen LogP contribution >= 0.6 is 22.9 Å². The molecule has 0 atom stereocenters. The van der Waals surface area contributed by atoms with E-state index in [1.807, 2.05) is 19.1 Å². The highest BCUT2D eigenvalue weighted by atomic mass is 35.5. The van der Waals surface area contributed by atoms with Crippen LogP contribution in [0.2, 0.25) is 4.34 Å². The minimum atomic E-state index is -0.461. The Morgan fingerprint density at radius 3 is 2.65 bits per heavy atom. The van der Waals surface area contributed by atoms with E-state index in [-0.39, 0.29) is 11.6 Å². The summed E-state index contributed by atoms with van der Waals surface area (Å²) in [4.78, 5) is 23.6. The number of nitrogens with one attached hydrogen (secondary N) is 1. The third-order valence-corrected chi connectivity index (χ3v) is 4.92. The maximum atomic E-state index is 12.3. The van der Waals surface area contributed by atoms with Gasteiger partial charge in [-0.25, -0.2) is 4.68 Å². The molecular formula is C17H15ClN4O3S. The van der Waals surface area contributed by atoms with E-state index in [1.54, 1.807) is 22.9 Å². The minimum absolute atomic E-state index is 0.00202. The number of benzene rings is 1. The predicted octanol–water partition coefficient (Wildman–Crippen LogP) is 4.38. The maximum Gasteiger partial charge on any atom is 0.269 e. The summed E-state index contributed by atoms with van der Waals surface area (Å²) in [6.07, 6.45) is 0.926. The zero-order valence-corrected chi connectivity index (χ0v) is 15.4. The lowest BCUT2D eigenvalue weighted by Crippen LogP contribution is -2.15. The number of thiophene rings is 1. The van der Waals surface area contributed by atoms with Crippen molar-refractivity contribution in [3.8, 4) is 5.69 Å². The Balaban J connectivity index is 1.72. The van der Waals surface area contributed by atoms with Crippen molar-refractivity contribution in [1.82, 2.24) is 9.78 Å². The standard InChI is InChI=1S/C17H15ClN4O3S/c1-11-10-16(19-17(23)9-7-14-6-8-15(18)26-14)21(20-11)12-2-4-13(5-3-12)22(24)25/h2-6,8,10H,7,9H2,1H3,(H,19,23). The van der Waals surface area contributed by atoms with Crippen molar-refractivity contribution < 1.29 is 9.72 Å². The van der Waals surface area contributed by atoms with Crippen molar-refractivity contribution >= 4 is 40.4 Å². The zero-order chi connectivity index (χ0) is 18.7. The van der Waals surface area contributed by atoms with Crippen LogP contribution in [0.15, 0.2) is 42.5 Å². The number of rotatable bonds is 6. The summed E-state index contributed by atoms with van der Waals surface area (Å²) in [6, 6.07) is 11.5. The van der Waals surface area contributed by atoms with Gasteiger partial charge in [0.05, 0.1) is 20.6 Å². The molecule has 0 saturated heterocycles. The summed E-state index contributed by atoms with van der Waals surface area (Å²) >= 11 is 7.35.